The first-order chi connectivity index (χ1) is 16.2. The number of rotatable bonds is 8. The molecule has 0 aliphatic rings. The highest BCUT2D eigenvalue weighted by Gasteiger charge is 2.35. The largest absolute Gasteiger partial charge is 0.481 e. The maximum absolute atomic E-state index is 11.8. The second-order valence-corrected chi connectivity index (χ2v) is 9.77. The number of thiophene rings is 1. The van der Waals surface area contributed by atoms with Crippen LogP contribution in [0.15, 0.2) is 48.6 Å². The van der Waals surface area contributed by atoms with E-state index in [1.54, 1.807) is 41.9 Å². The van der Waals surface area contributed by atoms with Crippen LogP contribution in [0.1, 0.15) is 36.3 Å². The van der Waals surface area contributed by atoms with Gasteiger partial charge in [0, 0.05) is 45.2 Å². The molecule has 0 radical (unpaired) electrons. The van der Waals surface area contributed by atoms with Gasteiger partial charge in [-0.25, -0.2) is 9.97 Å². The number of hydrogen-bond acceptors (Lipinski definition) is 6. The predicted octanol–water partition coefficient (Wildman–Crippen LogP) is 6.09. The van der Waals surface area contributed by atoms with Gasteiger partial charge in [-0.05, 0) is 23.6 Å². The van der Waals surface area contributed by atoms with Crippen LogP contribution < -0.4 is 5.32 Å². The SMILES string of the molecule is C=Cc1cc(C#N)c(-c2c[nH]c3ncc(Cl)cc23)nc1NC(CC(=O)O)C(C)(C)c1cccs1. The van der Waals surface area contributed by atoms with Crippen molar-refractivity contribution in [1.29, 1.82) is 5.26 Å². The van der Waals surface area contributed by atoms with Gasteiger partial charge in [-0.15, -0.1) is 11.3 Å². The van der Waals surface area contributed by atoms with Gasteiger partial charge in [-0.3, -0.25) is 4.79 Å². The van der Waals surface area contributed by atoms with Gasteiger partial charge in [0.05, 0.1) is 22.7 Å². The molecule has 7 nitrogen and oxygen atoms in total. The summed E-state index contributed by atoms with van der Waals surface area (Å²) in [7, 11) is 0. The fraction of sp³-hybridized carbons (Fsp3) is 0.200. The number of carboxylic acid groups (broad SMARTS) is 1. The molecule has 4 aromatic heterocycles. The fourth-order valence-corrected chi connectivity index (χ4v) is 4.97. The number of aliphatic carboxylic acids is 1. The number of aromatic nitrogens is 3. The van der Waals surface area contributed by atoms with Crippen molar-refractivity contribution in [3.05, 3.63) is 69.6 Å². The van der Waals surface area contributed by atoms with E-state index in [4.69, 9.17) is 16.6 Å². The third-order valence-electron chi connectivity index (χ3n) is 5.86. The first kappa shape index (κ1) is 23.5. The summed E-state index contributed by atoms with van der Waals surface area (Å²) in [5.74, 6) is -0.474. The minimum Gasteiger partial charge on any atom is -0.481 e. The van der Waals surface area contributed by atoms with Gasteiger partial charge < -0.3 is 15.4 Å². The maximum Gasteiger partial charge on any atom is 0.305 e. The predicted molar refractivity (Wildman–Crippen MR) is 136 cm³/mol. The summed E-state index contributed by atoms with van der Waals surface area (Å²) in [4.78, 5) is 25.0. The lowest BCUT2D eigenvalue weighted by Gasteiger charge is -2.34. The highest BCUT2D eigenvalue weighted by molar-refractivity contribution is 7.10. The molecule has 1 unspecified atom stereocenters. The summed E-state index contributed by atoms with van der Waals surface area (Å²) in [6, 6.07) is 9.13. The molecule has 0 saturated carbocycles. The molecule has 0 aliphatic carbocycles. The Kier molecular flexibility index (Phi) is 6.42. The molecule has 0 saturated heterocycles. The minimum atomic E-state index is -0.923. The Hall–Kier alpha value is -3.67. The molecule has 0 amide bonds. The number of H-pyrrole nitrogens is 1. The number of hydrogen-bond donors (Lipinski definition) is 3. The third-order valence-corrected chi connectivity index (χ3v) is 7.28. The molecule has 34 heavy (non-hydrogen) atoms. The van der Waals surface area contributed by atoms with Crippen LogP contribution in [0.2, 0.25) is 5.02 Å². The normalized spacial score (nSPS) is 12.3. The van der Waals surface area contributed by atoms with Crippen molar-refractivity contribution in [3.63, 3.8) is 0 Å². The van der Waals surface area contributed by atoms with Crippen molar-refractivity contribution < 1.29 is 9.90 Å². The number of anilines is 1. The Balaban J connectivity index is 1.85. The van der Waals surface area contributed by atoms with E-state index in [1.165, 1.54) is 0 Å². The average Bonchev–Trinajstić information content (AvgIpc) is 3.48. The molecule has 0 aromatic carbocycles. The molecule has 0 fully saturated rings. The molecule has 4 rings (SSSR count). The lowest BCUT2D eigenvalue weighted by Crippen LogP contribution is -2.41. The summed E-state index contributed by atoms with van der Waals surface area (Å²) in [5.41, 5.74) is 2.19. The van der Waals surface area contributed by atoms with Crippen LogP contribution in [0.3, 0.4) is 0 Å². The van der Waals surface area contributed by atoms with E-state index >= 15 is 0 Å². The summed E-state index contributed by atoms with van der Waals surface area (Å²) >= 11 is 7.74. The number of nitrogens with one attached hydrogen (secondary N) is 2. The maximum atomic E-state index is 11.8. The topological polar surface area (TPSA) is 115 Å². The van der Waals surface area contributed by atoms with Crippen LogP contribution in [0, 0.1) is 11.3 Å². The van der Waals surface area contributed by atoms with Crippen molar-refractivity contribution >= 4 is 51.8 Å². The number of fused-ring (bicyclic) bond motifs is 1. The van der Waals surface area contributed by atoms with Crippen LogP contribution in [0.5, 0.6) is 0 Å². The molecule has 172 valence electrons. The quantitative estimate of drug-likeness (QED) is 0.275. The Morgan fingerprint density at radius 1 is 1.47 bits per heavy atom. The van der Waals surface area contributed by atoms with E-state index in [0.29, 0.717) is 38.9 Å². The molecule has 3 N–H and O–H groups in total. The number of halogens is 1. The van der Waals surface area contributed by atoms with Crippen molar-refractivity contribution in [2.24, 2.45) is 0 Å². The second kappa shape index (κ2) is 9.29. The monoisotopic (exact) mass is 491 g/mol. The van der Waals surface area contributed by atoms with Gasteiger partial charge in [0.2, 0.25) is 0 Å². The highest BCUT2D eigenvalue weighted by atomic mass is 35.5. The Morgan fingerprint density at radius 3 is 2.91 bits per heavy atom. The summed E-state index contributed by atoms with van der Waals surface area (Å²) in [6.45, 7) is 7.87. The van der Waals surface area contributed by atoms with Crippen LogP contribution in [-0.2, 0) is 10.2 Å². The Morgan fingerprint density at radius 2 is 2.26 bits per heavy atom. The zero-order chi connectivity index (χ0) is 24.5. The lowest BCUT2D eigenvalue weighted by molar-refractivity contribution is -0.137. The van der Waals surface area contributed by atoms with Crippen molar-refractivity contribution in [1.82, 2.24) is 15.0 Å². The first-order valence-electron chi connectivity index (χ1n) is 10.5. The van der Waals surface area contributed by atoms with E-state index in [-0.39, 0.29) is 6.42 Å². The first-order valence-corrected chi connectivity index (χ1v) is 11.7. The molecular weight excluding hydrogens is 470 g/mol. The summed E-state index contributed by atoms with van der Waals surface area (Å²) in [6.07, 6.45) is 4.76. The molecule has 0 spiro atoms. The number of nitriles is 1. The van der Waals surface area contributed by atoms with Gasteiger partial charge in [-0.1, -0.05) is 44.2 Å². The number of pyridine rings is 2. The van der Waals surface area contributed by atoms with E-state index in [2.05, 4.69) is 27.9 Å². The Bertz CT molecular complexity index is 1420. The van der Waals surface area contributed by atoms with Gasteiger partial charge in [-0.2, -0.15) is 5.26 Å². The van der Waals surface area contributed by atoms with Crippen LogP contribution in [0.25, 0.3) is 28.4 Å². The molecule has 4 aromatic rings. The molecule has 1 atom stereocenters. The van der Waals surface area contributed by atoms with Gasteiger partial charge in [0.25, 0.3) is 0 Å². The number of carbonyl (C=O) groups is 1. The lowest BCUT2D eigenvalue weighted by atomic mass is 9.81. The van der Waals surface area contributed by atoms with E-state index in [1.807, 2.05) is 31.4 Å². The number of carboxylic acids is 1. The van der Waals surface area contributed by atoms with Crippen LogP contribution in [0.4, 0.5) is 5.82 Å². The van der Waals surface area contributed by atoms with E-state index in [9.17, 15) is 15.2 Å². The van der Waals surface area contributed by atoms with Crippen molar-refractivity contribution in [2.75, 3.05) is 5.32 Å². The fourth-order valence-electron chi connectivity index (χ4n) is 3.91. The average molecular weight is 492 g/mol. The second-order valence-electron chi connectivity index (χ2n) is 8.38. The minimum absolute atomic E-state index is 0.120. The summed E-state index contributed by atoms with van der Waals surface area (Å²) in [5, 5.41) is 26.0. The zero-order valence-corrected chi connectivity index (χ0v) is 20.2. The van der Waals surface area contributed by atoms with E-state index < -0.39 is 17.4 Å². The molecule has 0 aliphatic heterocycles. The summed E-state index contributed by atoms with van der Waals surface area (Å²) < 4.78 is 0. The Labute approximate surface area is 205 Å². The standard InChI is InChI=1S/C25H22ClN5O2S/c1-4-14-8-15(11-27)22(18-13-29-24-17(18)9-16(26)12-28-24)31-23(14)30-19(10-21(32)33)25(2,3)20-6-5-7-34-20/h4-9,12-13,19H,1,10H2,2-3H3,(H,28,29)(H,30,31)(H,32,33). The van der Waals surface area contributed by atoms with Gasteiger partial charge in [0.1, 0.15) is 17.5 Å². The van der Waals surface area contributed by atoms with E-state index in [0.717, 1.165) is 10.3 Å². The van der Waals surface area contributed by atoms with Gasteiger partial charge >= 0.3 is 5.97 Å². The highest BCUT2D eigenvalue weighted by Crippen LogP contribution is 2.37. The van der Waals surface area contributed by atoms with Crippen LogP contribution in [-0.4, -0.2) is 32.1 Å². The van der Waals surface area contributed by atoms with Crippen molar-refractivity contribution in [3.8, 4) is 17.3 Å². The molecule has 4 heterocycles. The number of aromatic amines is 1. The zero-order valence-electron chi connectivity index (χ0n) is 18.6. The van der Waals surface area contributed by atoms with Crippen LogP contribution >= 0.6 is 22.9 Å². The van der Waals surface area contributed by atoms with Gasteiger partial charge in [0.15, 0.2) is 0 Å². The molecular formula is C25H22ClN5O2S. The molecule has 9 heteroatoms. The smallest absolute Gasteiger partial charge is 0.305 e. The van der Waals surface area contributed by atoms with Crippen molar-refractivity contribution in [2.45, 2.75) is 31.7 Å². The third kappa shape index (κ3) is 4.40. The number of nitrogens with zero attached hydrogens (tertiary/aromatic N) is 3. The molecule has 0 bridgehead atoms.